The number of carbonyl (C=O) groups excluding carboxylic acids is 1. The zero-order valence-electron chi connectivity index (χ0n) is 10.3. The maximum atomic E-state index is 12.2. The molecule has 1 aliphatic carbocycles. The first-order valence-electron chi connectivity index (χ1n) is 5.89. The molecule has 1 unspecified atom stereocenters. The largest absolute Gasteiger partial charge is 0.480 e. The molecule has 92 valence electrons. The van der Waals surface area contributed by atoms with Gasteiger partial charge in [0.25, 0.3) is 0 Å². The average Bonchev–Trinajstić information content (AvgIpc) is 2.53. The molecule has 4 nitrogen and oxygen atoms in total. The van der Waals surface area contributed by atoms with Crippen LogP contribution >= 0.6 is 0 Å². The fourth-order valence-electron chi connectivity index (χ4n) is 2.51. The Balaban J connectivity index is 2.71. The second-order valence-corrected chi connectivity index (χ2v) is 5.18. The summed E-state index contributed by atoms with van der Waals surface area (Å²) in [5, 5.41) is 8.74. The monoisotopic (exact) mass is 227 g/mol. The number of nitrogens with zero attached hydrogens (tertiary/aromatic N) is 1. The smallest absolute Gasteiger partial charge is 0.323 e. The van der Waals surface area contributed by atoms with Crippen molar-refractivity contribution in [1.29, 1.82) is 0 Å². The third-order valence-corrected chi connectivity index (χ3v) is 3.57. The highest BCUT2D eigenvalue weighted by Gasteiger charge is 2.41. The van der Waals surface area contributed by atoms with Crippen molar-refractivity contribution in [2.24, 2.45) is 11.3 Å². The van der Waals surface area contributed by atoms with E-state index in [9.17, 15) is 9.59 Å². The lowest BCUT2D eigenvalue weighted by atomic mass is 9.81. The molecule has 0 aromatic carbocycles. The van der Waals surface area contributed by atoms with Crippen LogP contribution in [0.2, 0.25) is 0 Å². The lowest BCUT2D eigenvalue weighted by Gasteiger charge is -2.30. The van der Waals surface area contributed by atoms with Crippen molar-refractivity contribution in [2.75, 3.05) is 13.1 Å². The van der Waals surface area contributed by atoms with Gasteiger partial charge in [-0.3, -0.25) is 9.59 Å². The van der Waals surface area contributed by atoms with Crippen LogP contribution in [0.4, 0.5) is 0 Å². The molecule has 0 aliphatic heterocycles. The van der Waals surface area contributed by atoms with Crippen molar-refractivity contribution in [3.63, 3.8) is 0 Å². The van der Waals surface area contributed by atoms with Crippen LogP contribution in [-0.2, 0) is 9.59 Å². The summed E-state index contributed by atoms with van der Waals surface area (Å²) in [5.74, 6) is -0.940. The van der Waals surface area contributed by atoms with Gasteiger partial charge in [0, 0.05) is 12.5 Å². The Hall–Kier alpha value is -1.06. The molecule has 0 bridgehead atoms. The first-order valence-corrected chi connectivity index (χ1v) is 5.89. The molecule has 1 atom stereocenters. The lowest BCUT2D eigenvalue weighted by Crippen LogP contribution is -2.42. The van der Waals surface area contributed by atoms with Crippen LogP contribution < -0.4 is 0 Å². The van der Waals surface area contributed by atoms with E-state index in [1.807, 2.05) is 6.92 Å². The van der Waals surface area contributed by atoms with Crippen molar-refractivity contribution >= 4 is 11.9 Å². The van der Waals surface area contributed by atoms with E-state index in [0.717, 1.165) is 19.3 Å². The van der Waals surface area contributed by atoms with Gasteiger partial charge in [-0.1, -0.05) is 20.3 Å². The number of carboxylic acids is 1. The van der Waals surface area contributed by atoms with E-state index in [1.165, 1.54) is 4.90 Å². The van der Waals surface area contributed by atoms with Gasteiger partial charge in [-0.25, -0.2) is 0 Å². The minimum Gasteiger partial charge on any atom is -0.480 e. The Morgan fingerprint density at radius 3 is 2.44 bits per heavy atom. The minimum absolute atomic E-state index is 0.00685. The molecular formula is C12H21NO3. The number of rotatable bonds is 4. The average molecular weight is 227 g/mol. The number of carboxylic acid groups (broad SMARTS) is 1. The number of aliphatic carboxylic acids is 1. The fourth-order valence-corrected chi connectivity index (χ4v) is 2.51. The second kappa shape index (κ2) is 4.85. The molecule has 0 saturated heterocycles. The third-order valence-electron chi connectivity index (χ3n) is 3.57. The number of likely N-dealkylation sites (N-methyl/N-ethyl adjacent to an activating group) is 1. The number of hydrogen-bond donors (Lipinski definition) is 1. The van der Waals surface area contributed by atoms with Crippen molar-refractivity contribution in [3.8, 4) is 0 Å². The van der Waals surface area contributed by atoms with Crippen LogP contribution in [0.5, 0.6) is 0 Å². The summed E-state index contributed by atoms with van der Waals surface area (Å²) in [6.07, 6.45) is 3.00. The van der Waals surface area contributed by atoms with Gasteiger partial charge in [-0.2, -0.15) is 0 Å². The summed E-state index contributed by atoms with van der Waals surface area (Å²) in [7, 11) is 0. The molecule has 1 rings (SSSR count). The highest BCUT2D eigenvalue weighted by molar-refractivity contribution is 5.83. The summed E-state index contributed by atoms with van der Waals surface area (Å²) in [6, 6.07) is 0. The first kappa shape index (κ1) is 13.0. The van der Waals surface area contributed by atoms with E-state index in [1.54, 1.807) is 0 Å². The predicted octanol–water partition coefficient (Wildman–Crippen LogP) is 1.75. The zero-order chi connectivity index (χ0) is 12.3. The van der Waals surface area contributed by atoms with Crippen molar-refractivity contribution in [1.82, 2.24) is 4.90 Å². The zero-order valence-corrected chi connectivity index (χ0v) is 10.3. The quantitative estimate of drug-likeness (QED) is 0.796. The van der Waals surface area contributed by atoms with Gasteiger partial charge in [-0.15, -0.1) is 0 Å². The molecular weight excluding hydrogens is 206 g/mol. The summed E-state index contributed by atoms with van der Waals surface area (Å²) < 4.78 is 0. The molecule has 1 aliphatic rings. The molecule has 1 saturated carbocycles. The fraction of sp³-hybridized carbons (Fsp3) is 0.833. The Morgan fingerprint density at radius 1 is 1.44 bits per heavy atom. The van der Waals surface area contributed by atoms with Crippen molar-refractivity contribution in [3.05, 3.63) is 0 Å². The van der Waals surface area contributed by atoms with E-state index in [4.69, 9.17) is 5.11 Å². The highest BCUT2D eigenvalue weighted by Crippen LogP contribution is 2.43. The molecule has 1 N–H and O–H groups in total. The van der Waals surface area contributed by atoms with E-state index in [0.29, 0.717) is 6.54 Å². The van der Waals surface area contributed by atoms with Crippen molar-refractivity contribution < 1.29 is 14.7 Å². The third kappa shape index (κ3) is 2.74. The topological polar surface area (TPSA) is 57.6 Å². The van der Waals surface area contributed by atoms with Gasteiger partial charge in [0.15, 0.2) is 0 Å². The maximum absolute atomic E-state index is 12.2. The molecule has 0 aromatic heterocycles. The predicted molar refractivity (Wildman–Crippen MR) is 61.0 cm³/mol. The molecule has 0 aromatic rings. The Labute approximate surface area is 96.6 Å². The van der Waals surface area contributed by atoms with Gasteiger partial charge in [0.05, 0.1) is 0 Å². The first-order chi connectivity index (χ1) is 7.38. The van der Waals surface area contributed by atoms with Crippen molar-refractivity contribution in [2.45, 2.75) is 40.0 Å². The van der Waals surface area contributed by atoms with Gasteiger partial charge in [0.2, 0.25) is 5.91 Å². The van der Waals surface area contributed by atoms with Gasteiger partial charge >= 0.3 is 5.97 Å². The summed E-state index contributed by atoms with van der Waals surface area (Å²) in [6.45, 7) is 6.30. The van der Waals surface area contributed by atoms with Crippen LogP contribution in [0.15, 0.2) is 0 Å². The second-order valence-electron chi connectivity index (χ2n) is 5.18. The van der Waals surface area contributed by atoms with Crippen LogP contribution in [0.25, 0.3) is 0 Å². The van der Waals surface area contributed by atoms with Gasteiger partial charge in [-0.05, 0) is 25.2 Å². The summed E-state index contributed by atoms with van der Waals surface area (Å²) >= 11 is 0. The summed E-state index contributed by atoms with van der Waals surface area (Å²) in [5.41, 5.74) is 0.0169. The number of amides is 1. The molecule has 0 radical (unpaired) electrons. The normalized spacial score (nSPS) is 23.1. The van der Waals surface area contributed by atoms with E-state index < -0.39 is 5.97 Å². The van der Waals surface area contributed by atoms with E-state index in [2.05, 4.69) is 13.8 Å². The highest BCUT2D eigenvalue weighted by atomic mass is 16.4. The van der Waals surface area contributed by atoms with Gasteiger partial charge < -0.3 is 10.0 Å². The van der Waals surface area contributed by atoms with Crippen LogP contribution in [-0.4, -0.2) is 35.0 Å². The molecule has 0 heterocycles. The SMILES string of the molecule is CCN(CC(=O)O)C(=O)C1CCCC1(C)C. The van der Waals surface area contributed by atoms with Crippen LogP contribution in [0.3, 0.4) is 0 Å². The Kier molecular flexibility index (Phi) is 3.94. The standard InChI is InChI=1S/C12H21NO3/c1-4-13(8-10(14)15)11(16)9-6-5-7-12(9,2)3/h9H,4-8H2,1-3H3,(H,14,15). The number of carbonyl (C=O) groups is 2. The van der Waals surface area contributed by atoms with Crippen LogP contribution in [0.1, 0.15) is 40.0 Å². The molecule has 4 heteroatoms. The number of hydrogen-bond acceptors (Lipinski definition) is 2. The minimum atomic E-state index is -0.939. The maximum Gasteiger partial charge on any atom is 0.323 e. The molecule has 1 amide bonds. The van der Waals surface area contributed by atoms with E-state index >= 15 is 0 Å². The van der Waals surface area contributed by atoms with Gasteiger partial charge in [0.1, 0.15) is 6.54 Å². The lowest BCUT2D eigenvalue weighted by molar-refractivity contribution is -0.147. The van der Waals surface area contributed by atoms with E-state index in [-0.39, 0.29) is 23.8 Å². The Morgan fingerprint density at radius 2 is 2.06 bits per heavy atom. The Bertz CT molecular complexity index is 286. The molecule has 16 heavy (non-hydrogen) atoms. The molecule has 1 fully saturated rings. The summed E-state index contributed by atoms with van der Waals surface area (Å²) in [4.78, 5) is 24.3. The van der Waals surface area contributed by atoms with Crippen LogP contribution in [0, 0.1) is 11.3 Å². The molecule has 0 spiro atoms.